The van der Waals surface area contributed by atoms with Gasteiger partial charge in [0.25, 0.3) is 0 Å². The van der Waals surface area contributed by atoms with Crippen LogP contribution in [0, 0.1) is 6.92 Å². The summed E-state index contributed by atoms with van der Waals surface area (Å²) in [4.78, 5) is 29.2. The Balaban J connectivity index is 1.23. The van der Waals surface area contributed by atoms with E-state index in [1.807, 2.05) is 40.1 Å². The van der Waals surface area contributed by atoms with Crippen molar-refractivity contribution < 1.29 is 9.59 Å². The second-order valence-corrected chi connectivity index (χ2v) is 9.75. The van der Waals surface area contributed by atoms with E-state index >= 15 is 0 Å². The second-order valence-electron chi connectivity index (χ2n) is 8.81. The molecule has 0 radical (unpaired) electrons. The van der Waals surface area contributed by atoms with Crippen LogP contribution in [0.4, 0.5) is 0 Å². The molecule has 35 heavy (non-hydrogen) atoms. The van der Waals surface area contributed by atoms with E-state index in [4.69, 9.17) is 0 Å². The first-order valence-corrected chi connectivity index (χ1v) is 13.3. The van der Waals surface area contributed by atoms with E-state index < -0.39 is 0 Å². The van der Waals surface area contributed by atoms with Crippen LogP contribution in [0.25, 0.3) is 11.4 Å². The smallest absolute Gasteiger partial charge is 0.233 e. The highest BCUT2D eigenvalue weighted by Crippen LogP contribution is 2.25. The van der Waals surface area contributed by atoms with Gasteiger partial charge in [0.1, 0.15) is 0 Å². The van der Waals surface area contributed by atoms with Gasteiger partial charge < -0.3 is 14.4 Å². The molecule has 1 saturated heterocycles. The van der Waals surface area contributed by atoms with Crippen molar-refractivity contribution in [1.82, 2.24) is 24.6 Å². The van der Waals surface area contributed by atoms with Crippen LogP contribution in [-0.4, -0.2) is 68.3 Å². The van der Waals surface area contributed by atoms with Gasteiger partial charge >= 0.3 is 0 Å². The van der Waals surface area contributed by atoms with E-state index in [9.17, 15) is 9.59 Å². The number of nitrogens with zero attached hydrogens (tertiary/aromatic N) is 5. The molecule has 3 aromatic rings. The maximum absolute atomic E-state index is 12.8. The third-order valence-electron chi connectivity index (χ3n) is 6.32. The number of rotatable bonds is 9. The third-order valence-corrected chi connectivity index (χ3v) is 7.27. The summed E-state index contributed by atoms with van der Waals surface area (Å²) < 4.78 is 2.05. The quantitative estimate of drug-likeness (QED) is 0.422. The number of aromatic nitrogens is 3. The van der Waals surface area contributed by atoms with Crippen LogP contribution in [0.5, 0.6) is 0 Å². The number of aryl methyl sites for hydroxylation is 2. The summed E-state index contributed by atoms with van der Waals surface area (Å²) in [5.41, 5.74) is 3.46. The van der Waals surface area contributed by atoms with Gasteiger partial charge in [0.2, 0.25) is 11.8 Å². The minimum Gasteiger partial charge on any atom is -0.339 e. The highest BCUT2D eigenvalue weighted by atomic mass is 32.2. The molecule has 2 amide bonds. The van der Waals surface area contributed by atoms with Gasteiger partial charge in [-0.1, -0.05) is 65.9 Å². The number of piperazine rings is 1. The lowest BCUT2D eigenvalue weighted by Gasteiger charge is -2.34. The maximum atomic E-state index is 12.8. The van der Waals surface area contributed by atoms with Gasteiger partial charge in [-0.15, -0.1) is 10.2 Å². The number of carbonyl (C=O) groups is 2. The van der Waals surface area contributed by atoms with Gasteiger partial charge in [-0.25, -0.2) is 0 Å². The summed E-state index contributed by atoms with van der Waals surface area (Å²) in [6, 6.07) is 18.5. The molecule has 0 aliphatic carbocycles. The van der Waals surface area contributed by atoms with Crippen molar-refractivity contribution in [2.24, 2.45) is 0 Å². The van der Waals surface area contributed by atoms with E-state index in [-0.39, 0.29) is 11.8 Å². The van der Waals surface area contributed by atoms with Crippen molar-refractivity contribution >= 4 is 23.6 Å². The molecule has 0 unspecified atom stereocenters. The highest BCUT2D eigenvalue weighted by molar-refractivity contribution is 7.99. The van der Waals surface area contributed by atoms with Crippen molar-refractivity contribution in [1.29, 1.82) is 0 Å². The summed E-state index contributed by atoms with van der Waals surface area (Å²) >= 11 is 1.43. The van der Waals surface area contributed by atoms with Gasteiger partial charge in [-0.05, 0) is 38.3 Å². The summed E-state index contributed by atoms with van der Waals surface area (Å²) in [5, 5.41) is 9.49. The molecule has 1 fully saturated rings. The monoisotopic (exact) mass is 491 g/mol. The Hall–Kier alpha value is -3.13. The van der Waals surface area contributed by atoms with Crippen LogP contribution in [0.1, 0.15) is 30.9 Å². The second kappa shape index (κ2) is 12.0. The van der Waals surface area contributed by atoms with E-state index in [1.165, 1.54) is 22.9 Å². The lowest BCUT2D eigenvalue weighted by atomic mass is 10.1. The zero-order chi connectivity index (χ0) is 24.6. The van der Waals surface area contributed by atoms with Gasteiger partial charge in [0.15, 0.2) is 11.0 Å². The van der Waals surface area contributed by atoms with E-state index in [1.54, 1.807) is 0 Å². The Labute approximate surface area is 211 Å². The molecule has 0 saturated carbocycles. The van der Waals surface area contributed by atoms with Crippen LogP contribution in [0.3, 0.4) is 0 Å². The molecule has 7 nitrogen and oxygen atoms in total. The molecular formula is C27H33N5O2S. The predicted octanol–water partition coefficient (Wildman–Crippen LogP) is 4.06. The highest BCUT2D eigenvalue weighted by Gasteiger charge is 2.24. The predicted molar refractivity (Wildman–Crippen MR) is 139 cm³/mol. The Kier molecular flexibility index (Phi) is 8.58. The van der Waals surface area contributed by atoms with Crippen LogP contribution in [-0.2, 0) is 22.6 Å². The third kappa shape index (κ3) is 6.51. The average Bonchev–Trinajstić information content (AvgIpc) is 3.31. The average molecular weight is 492 g/mol. The zero-order valence-corrected chi connectivity index (χ0v) is 21.3. The number of carbonyl (C=O) groups excluding carboxylic acids is 2. The van der Waals surface area contributed by atoms with Crippen molar-refractivity contribution in [3.63, 3.8) is 0 Å². The fraction of sp³-hybridized carbons (Fsp3) is 0.407. The molecular weight excluding hydrogens is 458 g/mol. The summed E-state index contributed by atoms with van der Waals surface area (Å²) in [6.07, 6.45) is 2.31. The number of thioether (sulfide) groups is 1. The number of amides is 2. The first-order valence-electron chi connectivity index (χ1n) is 12.3. The molecule has 0 bridgehead atoms. The first kappa shape index (κ1) is 25.0. The van der Waals surface area contributed by atoms with Gasteiger partial charge in [0, 0.05) is 44.7 Å². The standard InChI is InChI=1S/C27H33N5O2S/c1-3-32-26(23-13-7-9-21(2)19-23)28-29-27(32)35-20-25(34)31-17-15-30(16-18-31)24(33)14-8-12-22-10-5-4-6-11-22/h4-7,9-11,13,19H,3,8,12,14-18,20H2,1-2H3. The molecule has 2 aromatic carbocycles. The van der Waals surface area contributed by atoms with Crippen LogP contribution in [0.2, 0.25) is 0 Å². The van der Waals surface area contributed by atoms with Crippen LogP contribution >= 0.6 is 11.8 Å². The summed E-state index contributed by atoms with van der Waals surface area (Å²) in [7, 11) is 0. The molecule has 1 aromatic heterocycles. The Bertz CT molecular complexity index is 1140. The minimum absolute atomic E-state index is 0.0777. The molecule has 184 valence electrons. The molecule has 4 rings (SSSR count). The fourth-order valence-corrected chi connectivity index (χ4v) is 5.25. The van der Waals surface area contributed by atoms with Crippen molar-refractivity contribution in [2.75, 3.05) is 31.9 Å². The fourth-order valence-electron chi connectivity index (χ4n) is 4.35. The largest absolute Gasteiger partial charge is 0.339 e. The molecule has 0 N–H and O–H groups in total. The SMILES string of the molecule is CCn1c(SCC(=O)N2CCN(C(=O)CCCc3ccccc3)CC2)nnc1-c1cccc(C)c1. The summed E-state index contributed by atoms with van der Waals surface area (Å²) in [6.45, 7) is 7.22. The Morgan fingerprint density at radius 1 is 0.914 bits per heavy atom. The Morgan fingerprint density at radius 3 is 2.31 bits per heavy atom. The molecule has 8 heteroatoms. The number of hydrogen-bond donors (Lipinski definition) is 0. The van der Waals surface area contributed by atoms with Crippen LogP contribution in [0.15, 0.2) is 59.8 Å². The lowest BCUT2D eigenvalue weighted by molar-refractivity contribution is -0.138. The lowest BCUT2D eigenvalue weighted by Crippen LogP contribution is -2.51. The summed E-state index contributed by atoms with van der Waals surface area (Å²) in [5.74, 6) is 1.40. The molecule has 0 spiro atoms. The maximum Gasteiger partial charge on any atom is 0.233 e. The van der Waals surface area contributed by atoms with E-state index in [0.717, 1.165) is 35.9 Å². The molecule has 2 heterocycles. The zero-order valence-electron chi connectivity index (χ0n) is 20.5. The van der Waals surface area contributed by atoms with E-state index in [0.29, 0.717) is 38.4 Å². The first-order chi connectivity index (χ1) is 17.0. The van der Waals surface area contributed by atoms with Gasteiger partial charge in [-0.2, -0.15) is 0 Å². The topological polar surface area (TPSA) is 71.3 Å². The number of benzene rings is 2. The molecule has 1 aliphatic heterocycles. The van der Waals surface area contributed by atoms with Crippen molar-refractivity contribution in [3.8, 4) is 11.4 Å². The minimum atomic E-state index is 0.0777. The Morgan fingerprint density at radius 2 is 1.63 bits per heavy atom. The number of hydrogen-bond acceptors (Lipinski definition) is 5. The van der Waals surface area contributed by atoms with Gasteiger partial charge in [-0.3, -0.25) is 9.59 Å². The van der Waals surface area contributed by atoms with Crippen molar-refractivity contribution in [3.05, 3.63) is 65.7 Å². The van der Waals surface area contributed by atoms with E-state index in [2.05, 4.69) is 52.9 Å². The molecule has 0 atom stereocenters. The van der Waals surface area contributed by atoms with Crippen LogP contribution < -0.4 is 0 Å². The van der Waals surface area contributed by atoms with Gasteiger partial charge in [0.05, 0.1) is 5.75 Å². The normalized spacial score (nSPS) is 13.8. The molecule has 1 aliphatic rings. The van der Waals surface area contributed by atoms with Crippen molar-refractivity contribution in [2.45, 2.75) is 44.8 Å².